The normalized spacial score (nSPS) is 10.3. The lowest BCUT2D eigenvalue weighted by molar-refractivity contribution is 0.0511. The molecule has 0 atom stereocenters. The molecule has 3 heteroatoms. The van der Waals surface area contributed by atoms with Crippen LogP contribution in [0.5, 0.6) is 5.75 Å². The minimum Gasteiger partial charge on any atom is -0.468 e. The van der Waals surface area contributed by atoms with Gasteiger partial charge in [-0.3, -0.25) is 4.79 Å². The van der Waals surface area contributed by atoms with E-state index < -0.39 is 0 Å². The molecule has 0 aromatic heterocycles. The number of methoxy groups -OCH3 is 1. The molecular weight excluding hydrogens is 252 g/mol. The number of aryl methyl sites for hydroxylation is 2. The van der Waals surface area contributed by atoms with E-state index >= 15 is 0 Å². The molecule has 0 unspecified atom stereocenters. The van der Waals surface area contributed by atoms with Gasteiger partial charge in [0.2, 0.25) is 0 Å². The number of ether oxygens (including phenoxy) is 2. The number of carbonyl (C=O) groups excluding carboxylic acids is 1. The van der Waals surface area contributed by atoms with E-state index in [0.29, 0.717) is 5.56 Å². The van der Waals surface area contributed by atoms with Crippen molar-refractivity contribution >= 4 is 6.29 Å². The molecule has 0 N–H and O–H groups in total. The molecule has 104 valence electrons. The van der Waals surface area contributed by atoms with Crippen LogP contribution < -0.4 is 4.74 Å². The molecule has 0 fully saturated rings. The molecule has 0 amide bonds. The zero-order valence-corrected chi connectivity index (χ0v) is 12.0. The second-order valence-corrected chi connectivity index (χ2v) is 4.73. The standard InChI is InChI=1S/C17H18O3/c1-12-7-16(20-11-19-3)8-13(2)17(12)15-6-4-5-14(9-15)10-18/h4-10H,11H2,1-3H3. The molecule has 0 heterocycles. The van der Waals surface area contributed by atoms with Crippen LogP contribution in [0.25, 0.3) is 11.1 Å². The summed E-state index contributed by atoms with van der Waals surface area (Å²) in [5.74, 6) is 0.789. The SMILES string of the molecule is COCOc1cc(C)c(-c2cccc(C=O)c2)c(C)c1. The number of aldehydes is 1. The Bertz CT molecular complexity index is 594. The van der Waals surface area contributed by atoms with Gasteiger partial charge in [-0.2, -0.15) is 0 Å². The zero-order chi connectivity index (χ0) is 14.5. The number of hydrogen-bond donors (Lipinski definition) is 0. The van der Waals surface area contributed by atoms with Crippen molar-refractivity contribution in [3.63, 3.8) is 0 Å². The van der Waals surface area contributed by atoms with Gasteiger partial charge in [-0.1, -0.05) is 18.2 Å². The molecule has 2 rings (SSSR count). The van der Waals surface area contributed by atoms with Gasteiger partial charge in [0, 0.05) is 12.7 Å². The van der Waals surface area contributed by atoms with Crippen molar-refractivity contribution < 1.29 is 14.3 Å². The van der Waals surface area contributed by atoms with Crippen molar-refractivity contribution in [2.75, 3.05) is 13.9 Å². The highest BCUT2D eigenvalue weighted by molar-refractivity contribution is 5.80. The van der Waals surface area contributed by atoms with Crippen LogP contribution in [-0.2, 0) is 4.74 Å². The topological polar surface area (TPSA) is 35.5 Å². The number of benzene rings is 2. The van der Waals surface area contributed by atoms with Gasteiger partial charge in [-0.15, -0.1) is 0 Å². The van der Waals surface area contributed by atoms with E-state index in [0.717, 1.165) is 34.3 Å². The highest BCUT2D eigenvalue weighted by Gasteiger charge is 2.09. The molecule has 2 aromatic rings. The quantitative estimate of drug-likeness (QED) is 0.613. The summed E-state index contributed by atoms with van der Waals surface area (Å²) in [5, 5.41) is 0. The van der Waals surface area contributed by atoms with Crippen LogP contribution in [0.3, 0.4) is 0 Å². The van der Waals surface area contributed by atoms with Crippen molar-refractivity contribution in [3.05, 3.63) is 53.1 Å². The molecule has 0 aliphatic carbocycles. The van der Waals surface area contributed by atoms with E-state index in [1.54, 1.807) is 13.2 Å². The van der Waals surface area contributed by atoms with Gasteiger partial charge >= 0.3 is 0 Å². The van der Waals surface area contributed by atoms with Crippen molar-refractivity contribution in [1.29, 1.82) is 0 Å². The summed E-state index contributed by atoms with van der Waals surface area (Å²) in [5.41, 5.74) is 5.08. The number of rotatable bonds is 5. The largest absolute Gasteiger partial charge is 0.468 e. The Hall–Kier alpha value is -2.13. The molecule has 0 spiro atoms. The van der Waals surface area contributed by atoms with Crippen LogP contribution in [0, 0.1) is 13.8 Å². The predicted molar refractivity (Wildman–Crippen MR) is 79.2 cm³/mol. The third-order valence-electron chi connectivity index (χ3n) is 3.16. The first-order valence-corrected chi connectivity index (χ1v) is 6.44. The Balaban J connectivity index is 2.43. The van der Waals surface area contributed by atoms with Crippen molar-refractivity contribution in [3.8, 4) is 16.9 Å². The van der Waals surface area contributed by atoms with Crippen LogP contribution in [-0.4, -0.2) is 20.2 Å². The fourth-order valence-corrected chi connectivity index (χ4v) is 2.36. The molecule has 0 aliphatic heterocycles. The maximum absolute atomic E-state index is 10.9. The lowest BCUT2D eigenvalue weighted by atomic mass is 9.94. The summed E-state index contributed by atoms with van der Waals surface area (Å²) in [6.07, 6.45) is 0.865. The van der Waals surface area contributed by atoms with Crippen molar-refractivity contribution in [2.24, 2.45) is 0 Å². The molecule has 3 nitrogen and oxygen atoms in total. The maximum atomic E-state index is 10.9. The van der Waals surface area contributed by atoms with Crippen LogP contribution in [0.15, 0.2) is 36.4 Å². The van der Waals surface area contributed by atoms with E-state index in [9.17, 15) is 4.79 Å². The second-order valence-electron chi connectivity index (χ2n) is 4.73. The smallest absolute Gasteiger partial charge is 0.188 e. The third-order valence-corrected chi connectivity index (χ3v) is 3.16. The lowest BCUT2D eigenvalue weighted by Crippen LogP contribution is -2.00. The van der Waals surface area contributed by atoms with Gasteiger partial charge in [0.15, 0.2) is 6.79 Å². The molecule has 0 saturated carbocycles. The van der Waals surface area contributed by atoms with Gasteiger partial charge in [0.05, 0.1) is 0 Å². The molecule has 2 aromatic carbocycles. The summed E-state index contributed by atoms with van der Waals surface area (Å²) in [7, 11) is 1.60. The summed E-state index contributed by atoms with van der Waals surface area (Å²) >= 11 is 0. The van der Waals surface area contributed by atoms with E-state index in [4.69, 9.17) is 9.47 Å². The minimum atomic E-state index is 0.235. The van der Waals surface area contributed by atoms with Crippen LogP contribution in [0.4, 0.5) is 0 Å². The summed E-state index contributed by atoms with van der Waals surface area (Å²) in [6, 6.07) is 11.6. The molecular formula is C17H18O3. The highest BCUT2D eigenvalue weighted by Crippen LogP contribution is 2.31. The molecule has 0 aliphatic rings. The Morgan fingerprint density at radius 2 is 1.80 bits per heavy atom. The summed E-state index contributed by atoms with van der Waals surface area (Å²) in [4.78, 5) is 10.9. The zero-order valence-electron chi connectivity index (χ0n) is 12.0. The Morgan fingerprint density at radius 1 is 1.10 bits per heavy atom. The Labute approximate surface area is 119 Å². The average molecular weight is 270 g/mol. The summed E-state index contributed by atoms with van der Waals surface area (Å²) in [6.45, 7) is 4.31. The van der Waals surface area contributed by atoms with E-state index in [1.165, 1.54) is 0 Å². The van der Waals surface area contributed by atoms with Crippen molar-refractivity contribution in [2.45, 2.75) is 13.8 Å². The number of carbonyl (C=O) groups is 1. The first-order valence-electron chi connectivity index (χ1n) is 6.44. The fraction of sp³-hybridized carbons (Fsp3) is 0.235. The number of hydrogen-bond acceptors (Lipinski definition) is 3. The second kappa shape index (κ2) is 6.35. The van der Waals surface area contributed by atoms with Gasteiger partial charge < -0.3 is 9.47 Å². The molecule has 0 radical (unpaired) electrons. The summed E-state index contributed by atoms with van der Waals surface area (Å²) < 4.78 is 10.4. The van der Waals surface area contributed by atoms with Gasteiger partial charge in [0.25, 0.3) is 0 Å². The molecule has 20 heavy (non-hydrogen) atoms. The van der Waals surface area contributed by atoms with Gasteiger partial charge in [-0.25, -0.2) is 0 Å². The first-order chi connectivity index (χ1) is 9.65. The molecule has 0 saturated heterocycles. The minimum absolute atomic E-state index is 0.235. The average Bonchev–Trinajstić information content (AvgIpc) is 2.44. The van der Waals surface area contributed by atoms with Crippen molar-refractivity contribution in [1.82, 2.24) is 0 Å². The van der Waals surface area contributed by atoms with Crippen LogP contribution in [0.1, 0.15) is 21.5 Å². The highest BCUT2D eigenvalue weighted by atomic mass is 16.7. The van der Waals surface area contributed by atoms with E-state index in [-0.39, 0.29) is 6.79 Å². The predicted octanol–water partition coefficient (Wildman–Crippen LogP) is 3.77. The van der Waals surface area contributed by atoms with E-state index in [1.807, 2.05) is 44.2 Å². The Morgan fingerprint density at radius 3 is 2.40 bits per heavy atom. The van der Waals surface area contributed by atoms with Crippen LogP contribution >= 0.6 is 0 Å². The van der Waals surface area contributed by atoms with Gasteiger partial charge in [0.1, 0.15) is 12.0 Å². The Kier molecular flexibility index (Phi) is 4.53. The van der Waals surface area contributed by atoms with E-state index in [2.05, 4.69) is 0 Å². The fourth-order valence-electron chi connectivity index (χ4n) is 2.36. The van der Waals surface area contributed by atoms with Gasteiger partial charge in [-0.05, 0) is 54.3 Å². The first kappa shape index (κ1) is 14.3. The van der Waals surface area contributed by atoms with Crippen LogP contribution in [0.2, 0.25) is 0 Å². The maximum Gasteiger partial charge on any atom is 0.188 e. The molecule has 0 bridgehead atoms. The lowest BCUT2D eigenvalue weighted by Gasteiger charge is -2.14. The monoisotopic (exact) mass is 270 g/mol. The third kappa shape index (κ3) is 3.06.